The van der Waals surface area contributed by atoms with Crippen molar-refractivity contribution in [3.63, 3.8) is 0 Å². The summed E-state index contributed by atoms with van der Waals surface area (Å²) in [5, 5.41) is 14.5. The summed E-state index contributed by atoms with van der Waals surface area (Å²) in [6, 6.07) is 4.62. The predicted octanol–water partition coefficient (Wildman–Crippen LogP) is 2.17. The molecule has 0 bridgehead atoms. The van der Waals surface area contributed by atoms with Crippen LogP contribution in [0, 0.1) is 27.8 Å². The van der Waals surface area contributed by atoms with Crippen LogP contribution < -0.4 is 10.2 Å². The van der Waals surface area contributed by atoms with Crippen LogP contribution in [0.5, 0.6) is 0 Å². The van der Waals surface area contributed by atoms with Crippen LogP contribution in [0.3, 0.4) is 0 Å². The summed E-state index contributed by atoms with van der Waals surface area (Å²) in [6.45, 7) is 4.74. The fraction of sp³-hybridized carbons (Fsp3) is 0.571. The number of hydrogen-bond donors (Lipinski definition) is 1. The average molecular weight is 279 g/mol. The monoisotopic (exact) mass is 279 g/mol. The van der Waals surface area contributed by atoms with Crippen LogP contribution in [0.25, 0.3) is 0 Å². The van der Waals surface area contributed by atoms with Gasteiger partial charge in [-0.3, -0.25) is 10.1 Å². The van der Waals surface area contributed by atoms with E-state index in [0.29, 0.717) is 17.5 Å². The Morgan fingerprint density at radius 3 is 3.00 bits per heavy atom. The van der Waals surface area contributed by atoms with Gasteiger partial charge in [0.05, 0.1) is 4.92 Å². The van der Waals surface area contributed by atoms with Crippen molar-refractivity contribution in [2.24, 2.45) is 11.8 Å². The molecule has 0 aliphatic carbocycles. The molecule has 3 rings (SSSR count). The Kier molecular flexibility index (Phi) is 3.33. The number of nitrogens with zero attached hydrogens (tertiary/aromatic N) is 2. The number of nitro benzene ring substituents is 1. The van der Waals surface area contributed by atoms with Gasteiger partial charge in [0.25, 0.3) is 0 Å². The number of nitro groups is 1. The molecule has 0 radical (unpaired) electrons. The molecule has 1 aromatic carbocycles. The zero-order chi connectivity index (χ0) is 14.3. The molecule has 108 valence electrons. The number of benzene rings is 1. The van der Waals surface area contributed by atoms with Gasteiger partial charge >= 0.3 is 5.69 Å². The number of hydrogen-bond acceptors (Lipinski definition) is 4. The maximum absolute atomic E-state index is 13.8. The third kappa shape index (κ3) is 1.95. The van der Waals surface area contributed by atoms with Crippen molar-refractivity contribution < 1.29 is 9.31 Å². The number of rotatable bonds is 3. The molecule has 2 heterocycles. The van der Waals surface area contributed by atoms with Gasteiger partial charge in [-0.05, 0) is 30.4 Å². The highest BCUT2D eigenvalue weighted by Gasteiger charge is 2.45. The predicted molar refractivity (Wildman–Crippen MR) is 74.3 cm³/mol. The van der Waals surface area contributed by atoms with Gasteiger partial charge in [-0.25, -0.2) is 0 Å². The summed E-state index contributed by atoms with van der Waals surface area (Å²) in [5.41, 5.74) is 0.0372. The Morgan fingerprint density at radius 2 is 2.30 bits per heavy atom. The summed E-state index contributed by atoms with van der Waals surface area (Å²) < 4.78 is 13.8. The third-order valence-electron chi connectivity index (χ3n) is 4.59. The van der Waals surface area contributed by atoms with Crippen LogP contribution in [0.4, 0.5) is 15.8 Å². The normalized spacial score (nSPS) is 28.7. The number of para-hydroxylation sites is 1. The van der Waals surface area contributed by atoms with Gasteiger partial charge in [0.2, 0.25) is 5.82 Å². The Hall–Kier alpha value is -1.69. The molecule has 2 fully saturated rings. The van der Waals surface area contributed by atoms with E-state index in [1.54, 1.807) is 12.1 Å². The van der Waals surface area contributed by atoms with E-state index in [4.69, 9.17) is 0 Å². The second-order valence-electron chi connectivity index (χ2n) is 5.57. The molecule has 2 aliphatic heterocycles. The van der Waals surface area contributed by atoms with E-state index in [-0.39, 0.29) is 11.7 Å². The highest BCUT2D eigenvalue weighted by molar-refractivity contribution is 5.65. The molecule has 0 amide bonds. The first-order valence-electron chi connectivity index (χ1n) is 7.03. The van der Waals surface area contributed by atoms with Crippen LogP contribution in [-0.2, 0) is 0 Å². The summed E-state index contributed by atoms with van der Waals surface area (Å²) in [4.78, 5) is 12.6. The Bertz CT molecular complexity index is 537. The van der Waals surface area contributed by atoms with Gasteiger partial charge in [0, 0.05) is 25.7 Å². The quantitative estimate of drug-likeness (QED) is 0.680. The zero-order valence-electron chi connectivity index (χ0n) is 11.4. The first kappa shape index (κ1) is 13.3. The van der Waals surface area contributed by atoms with E-state index < -0.39 is 10.7 Å². The Balaban J connectivity index is 2.01. The van der Waals surface area contributed by atoms with Crippen molar-refractivity contribution in [2.45, 2.75) is 19.4 Å². The van der Waals surface area contributed by atoms with Gasteiger partial charge in [0.1, 0.15) is 5.69 Å². The van der Waals surface area contributed by atoms with E-state index in [9.17, 15) is 14.5 Å². The van der Waals surface area contributed by atoms with Crippen LogP contribution in [0.15, 0.2) is 18.2 Å². The molecule has 3 unspecified atom stereocenters. The lowest BCUT2D eigenvalue weighted by Crippen LogP contribution is -2.35. The average Bonchev–Trinajstić information content (AvgIpc) is 2.97. The van der Waals surface area contributed by atoms with Gasteiger partial charge in [0.15, 0.2) is 0 Å². The molecule has 2 saturated heterocycles. The Labute approximate surface area is 116 Å². The van der Waals surface area contributed by atoms with Crippen LogP contribution >= 0.6 is 0 Å². The highest BCUT2D eigenvalue weighted by atomic mass is 19.1. The minimum atomic E-state index is -0.752. The molecule has 5 nitrogen and oxygen atoms in total. The van der Waals surface area contributed by atoms with Gasteiger partial charge < -0.3 is 10.2 Å². The van der Waals surface area contributed by atoms with Crippen molar-refractivity contribution in [1.82, 2.24) is 5.32 Å². The maximum Gasteiger partial charge on any atom is 0.327 e. The van der Waals surface area contributed by atoms with E-state index in [1.165, 1.54) is 0 Å². The van der Waals surface area contributed by atoms with Crippen LogP contribution in [-0.4, -0.2) is 30.6 Å². The third-order valence-corrected chi connectivity index (χ3v) is 4.59. The van der Waals surface area contributed by atoms with E-state index in [1.807, 2.05) is 4.90 Å². The molecule has 3 atom stereocenters. The molecule has 1 aromatic rings. The Morgan fingerprint density at radius 1 is 1.50 bits per heavy atom. The fourth-order valence-corrected chi connectivity index (χ4v) is 3.74. The lowest BCUT2D eigenvalue weighted by atomic mass is 9.93. The first-order valence-corrected chi connectivity index (χ1v) is 7.03. The smallest absolute Gasteiger partial charge is 0.327 e. The first-order chi connectivity index (χ1) is 9.63. The lowest BCUT2D eigenvalue weighted by molar-refractivity contribution is -0.386. The van der Waals surface area contributed by atoms with Crippen molar-refractivity contribution in [3.05, 3.63) is 34.1 Å². The molecule has 6 heteroatoms. The molecular weight excluding hydrogens is 261 g/mol. The number of halogens is 1. The van der Waals surface area contributed by atoms with Crippen LogP contribution in [0.2, 0.25) is 0 Å². The molecule has 1 N–H and O–H groups in total. The zero-order valence-corrected chi connectivity index (χ0v) is 11.4. The van der Waals surface area contributed by atoms with Crippen molar-refractivity contribution in [3.8, 4) is 0 Å². The molecule has 0 aromatic heterocycles. The van der Waals surface area contributed by atoms with Crippen LogP contribution in [0.1, 0.15) is 13.3 Å². The summed E-state index contributed by atoms with van der Waals surface area (Å²) >= 11 is 0. The molecular formula is C14H18FN3O2. The van der Waals surface area contributed by atoms with E-state index in [2.05, 4.69) is 12.2 Å². The number of nitrogens with one attached hydrogen (secondary N) is 1. The highest BCUT2D eigenvalue weighted by Crippen LogP contribution is 2.41. The summed E-state index contributed by atoms with van der Waals surface area (Å²) in [5.74, 6) is 0.253. The molecule has 20 heavy (non-hydrogen) atoms. The van der Waals surface area contributed by atoms with Crippen molar-refractivity contribution in [2.75, 3.05) is 24.5 Å². The van der Waals surface area contributed by atoms with Gasteiger partial charge in [-0.15, -0.1) is 0 Å². The topological polar surface area (TPSA) is 58.4 Å². The second-order valence-corrected chi connectivity index (χ2v) is 5.57. The standard InChI is InChI=1S/C14H18FN3O2/c1-2-12-10-7-16-6-9(10)8-17(12)13-5-3-4-11(15)14(13)18(19)20/h3-5,9-10,12,16H,2,6-8H2,1H3. The number of anilines is 1. The molecule has 0 saturated carbocycles. The van der Waals surface area contributed by atoms with Gasteiger partial charge in [-0.1, -0.05) is 13.0 Å². The molecule has 0 spiro atoms. The minimum Gasteiger partial charge on any atom is -0.362 e. The van der Waals surface area contributed by atoms with E-state index >= 15 is 0 Å². The van der Waals surface area contributed by atoms with Crippen molar-refractivity contribution in [1.29, 1.82) is 0 Å². The summed E-state index contributed by atoms with van der Waals surface area (Å²) in [7, 11) is 0. The summed E-state index contributed by atoms with van der Waals surface area (Å²) in [6.07, 6.45) is 0.913. The lowest BCUT2D eigenvalue weighted by Gasteiger charge is -2.28. The van der Waals surface area contributed by atoms with E-state index in [0.717, 1.165) is 32.1 Å². The molecule has 2 aliphatic rings. The minimum absolute atomic E-state index is 0.246. The maximum atomic E-state index is 13.8. The van der Waals surface area contributed by atoms with Gasteiger partial charge in [-0.2, -0.15) is 4.39 Å². The van der Waals surface area contributed by atoms with Crippen molar-refractivity contribution >= 4 is 11.4 Å². The largest absolute Gasteiger partial charge is 0.362 e. The SMILES string of the molecule is CCC1C2CNCC2CN1c1cccc(F)c1[N+](=O)[O-]. The second kappa shape index (κ2) is 5.01. The fourth-order valence-electron chi connectivity index (χ4n) is 3.74. The number of fused-ring (bicyclic) bond motifs is 1.